The second kappa shape index (κ2) is 4.49. The maximum Gasteiger partial charge on any atom is 0.254 e. The lowest BCUT2D eigenvalue weighted by Gasteiger charge is -2.12. The number of nitrogens with two attached hydrogens (primary N) is 1. The maximum atomic E-state index is 11.9. The number of fused-ring (bicyclic) bond motifs is 1. The number of aromatic nitrogens is 1. The minimum Gasteiger partial charge on any atom is -0.496 e. The molecular formula is C13H16N2O2. The number of hydrogen-bond acceptors (Lipinski definition) is 3. The smallest absolute Gasteiger partial charge is 0.254 e. The number of hydrogen-bond donors (Lipinski definition) is 1. The fourth-order valence-corrected chi connectivity index (χ4v) is 2.00. The molecule has 0 atom stereocenters. The van der Waals surface area contributed by atoms with Gasteiger partial charge in [-0.3, -0.25) is 4.79 Å². The van der Waals surface area contributed by atoms with Crippen molar-refractivity contribution in [2.24, 2.45) is 0 Å². The molecule has 0 radical (unpaired) electrons. The predicted octanol–water partition coefficient (Wildman–Crippen LogP) is 2.00. The summed E-state index contributed by atoms with van der Waals surface area (Å²) < 4.78 is 6.97. The second-order valence-electron chi connectivity index (χ2n) is 3.98. The number of aryl methyl sites for hydroxylation is 1. The number of rotatable bonds is 3. The van der Waals surface area contributed by atoms with Gasteiger partial charge in [0.2, 0.25) is 0 Å². The van der Waals surface area contributed by atoms with Crippen molar-refractivity contribution < 1.29 is 4.74 Å². The van der Waals surface area contributed by atoms with Crippen molar-refractivity contribution in [3.05, 3.63) is 34.6 Å². The summed E-state index contributed by atoms with van der Waals surface area (Å²) >= 11 is 0. The van der Waals surface area contributed by atoms with E-state index in [1.54, 1.807) is 17.7 Å². The highest BCUT2D eigenvalue weighted by molar-refractivity contribution is 5.88. The number of anilines is 1. The molecule has 2 rings (SSSR count). The number of ether oxygens (including phenoxy) is 1. The van der Waals surface area contributed by atoms with Crippen LogP contribution in [0.15, 0.2) is 29.1 Å². The normalized spacial score (nSPS) is 10.7. The second-order valence-corrected chi connectivity index (χ2v) is 3.98. The molecule has 2 aromatic rings. The Balaban J connectivity index is 2.83. The molecule has 0 fully saturated rings. The van der Waals surface area contributed by atoms with E-state index in [9.17, 15) is 4.79 Å². The molecule has 90 valence electrons. The first-order valence-corrected chi connectivity index (χ1v) is 5.64. The van der Waals surface area contributed by atoms with Gasteiger partial charge in [-0.15, -0.1) is 0 Å². The number of pyridine rings is 1. The summed E-state index contributed by atoms with van der Waals surface area (Å²) in [4.78, 5) is 11.9. The van der Waals surface area contributed by atoms with E-state index in [0.717, 1.165) is 17.3 Å². The van der Waals surface area contributed by atoms with Crippen molar-refractivity contribution in [3.63, 3.8) is 0 Å². The Labute approximate surface area is 99.6 Å². The zero-order chi connectivity index (χ0) is 12.4. The zero-order valence-corrected chi connectivity index (χ0v) is 10.1. The quantitative estimate of drug-likeness (QED) is 0.823. The van der Waals surface area contributed by atoms with Gasteiger partial charge in [0.25, 0.3) is 5.56 Å². The lowest BCUT2D eigenvalue weighted by Crippen LogP contribution is -2.19. The van der Waals surface area contributed by atoms with Crippen LogP contribution in [0.3, 0.4) is 0 Å². The highest BCUT2D eigenvalue weighted by Gasteiger charge is 2.08. The van der Waals surface area contributed by atoms with Crippen molar-refractivity contribution in [2.45, 2.75) is 19.9 Å². The monoisotopic (exact) mass is 232 g/mol. The number of nitrogens with zero attached hydrogens (tertiary/aromatic N) is 1. The van der Waals surface area contributed by atoms with E-state index >= 15 is 0 Å². The average molecular weight is 232 g/mol. The van der Waals surface area contributed by atoms with Gasteiger partial charge in [0.15, 0.2) is 0 Å². The predicted molar refractivity (Wildman–Crippen MR) is 69.5 cm³/mol. The summed E-state index contributed by atoms with van der Waals surface area (Å²) in [5.41, 5.74) is 7.26. The Morgan fingerprint density at radius 3 is 2.76 bits per heavy atom. The van der Waals surface area contributed by atoms with Crippen molar-refractivity contribution in [1.29, 1.82) is 0 Å². The number of benzene rings is 1. The largest absolute Gasteiger partial charge is 0.496 e. The van der Waals surface area contributed by atoms with Gasteiger partial charge < -0.3 is 15.0 Å². The van der Waals surface area contributed by atoms with Crippen LogP contribution in [0.25, 0.3) is 10.9 Å². The SMILES string of the molecule is CCCn1c(=O)cc(OC)c2cc(N)ccc21. The third kappa shape index (κ3) is 1.98. The molecule has 0 unspecified atom stereocenters. The molecular weight excluding hydrogens is 216 g/mol. The molecule has 1 aromatic carbocycles. The van der Waals surface area contributed by atoms with Gasteiger partial charge in [-0.2, -0.15) is 0 Å². The van der Waals surface area contributed by atoms with E-state index in [4.69, 9.17) is 10.5 Å². The molecule has 1 aromatic heterocycles. The summed E-state index contributed by atoms with van der Waals surface area (Å²) in [5, 5.41) is 0.876. The molecule has 0 aliphatic carbocycles. The van der Waals surface area contributed by atoms with Crippen molar-refractivity contribution in [3.8, 4) is 5.75 Å². The zero-order valence-electron chi connectivity index (χ0n) is 10.1. The third-order valence-corrected chi connectivity index (χ3v) is 2.76. The lowest BCUT2D eigenvalue weighted by molar-refractivity contribution is 0.418. The number of methoxy groups -OCH3 is 1. The summed E-state index contributed by atoms with van der Waals surface area (Å²) in [5.74, 6) is 0.574. The lowest BCUT2D eigenvalue weighted by atomic mass is 10.1. The summed E-state index contributed by atoms with van der Waals surface area (Å²) in [6.45, 7) is 2.74. The summed E-state index contributed by atoms with van der Waals surface area (Å²) in [6, 6.07) is 7.01. The summed E-state index contributed by atoms with van der Waals surface area (Å²) in [6.07, 6.45) is 0.908. The van der Waals surface area contributed by atoms with E-state index in [-0.39, 0.29) is 5.56 Å². The van der Waals surface area contributed by atoms with Crippen LogP contribution in [0.4, 0.5) is 5.69 Å². The maximum absolute atomic E-state index is 11.9. The Hall–Kier alpha value is -1.97. The molecule has 0 aliphatic heterocycles. The Morgan fingerprint density at radius 2 is 2.12 bits per heavy atom. The first kappa shape index (κ1) is 11.5. The molecule has 4 nitrogen and oxygen atoms in total. The van der Waals surface area contributed by atoms with Gasteiger partial charge in [-0.1, -0.05) is 6.92 Å². The van der Waals surface area contributed by atoms with Gasteiger partial charge in [0.05, 0.1) is 12.6 Å². The van der Waals surface area contributed by atoms with Gasteiger partial charge in [0, 0.05) is 23.7 Å². The Bertz CT molecular complexity index is 602. The van der Waals surface area contributed by atoms with Gasteiger partial charge in [-0.05, 0) is 24.6 Å². The molecule has 0 bridgehead atoms. The van der Waals surface area contributed by atoms with E-state index in [1.165, 1.54) is 6.07 Å². The molecule has 0 saturated carbocycles. The minimum atomic E-state index is -0.0408. The van der Waals surface area contributed by atoms with Crippen LogP contribution in [0.2, 0.25) is 0 Å². The van der Waals surface area contributed by atoms with Crippen LogP contribution < -0.4 is 16.0 Å². The highest BCUT2D eigenvalue weighted by atomic mass is 16.5. The van der Waals surface area contributed by atoms with E-state index in [0.29, 0.717) is 18.0 Å². The van der Waals surface area contributed by atoms with Crippen molar-refractivity contribution in [1.82, 2.24) is 4.57 Å². The van der Waals surface area contributed by atoms with Crippen molar-refractivity contribution in [2.75, 3.05) is 12.8 Å². The molecule has 17 heavy (non-hydrogen) atoms. The molecule has 0 spiro atoms. The van der Waals surface area contributed by atoms with Crippen molar-refractivity contribution >= 4 is 16.6 Å². The molecule has 2 N–H and O–H groups in total. The standard InChI is InChI=1S/C13H16N2O2/c1-3-6-15-11-5-4-9(14)7-10(11)12(17-2)8-13(15)16/h4-5,7-8H,3,6,14H2,1-2H3. The van der Waals surface area contributed by atoms with E-state index < -0.39 is 0 Å². The highest BCUT2D eigenvalue weighted by Crippen LogP contribution is 2.25. The molecule has 0 saturated heterocycles. The first-order chi connectivity index (χ1) is 8.17. The Kier molecular flexibility index (Phi) is 3.04. The van der Waals surface area contributed by atoms with Crippen LogP contribution in [0, 0.1) is 0 Å². The summed E-state index contributed by atoms with van der Waals surface area (Å²) in [7, 11) is 1.56. The van der Waals surface area contributed by atoms with Crippen LogP contribution in [-0.2, 0) is 6.54 Å². The van der Waals surface area contributed by atoms with Crippen LogP contribution in [-0.4, -0.2) is 11.7 Å². The van der Waals surface area contributed by atoms with Crippen LogP contribution in [0.5, 0.6) is 5.75 Å². The van der Waals surface area contributed by atoms with Gasteiger partial charge in [-0.25, -0.2) is 0 Å². The third-order valence-electron chi connectivity index (χ3n) is 2.76. The Morgan fingerprint density at radius 1 is 1.35 bits per heavy atom. The molecule has 1 heterocycles. The molecule has 4 heteroatoms. The molecule has 0 amide bonds. The number of nitrogen functional groups attached to an aromatic ring is 1. The average Bonchev–Trinajstić information content (AvgIpc) is 2.32. The van der Waals surface area contributed by atoms with E-state index in [1.807, 2.05) is 19.1 Å². The van der Waals surface area contributed by atoms with Crippen LogP contribution in [0.1, 0.15) is 13.3 Å². The fraction of sp³-hybridized carbons (Fsp3) is 0.308. The van der Waals surface area contributed by atoms with Gasteiger partial charge in [0.1, 0.15) is 5.75 Å². The fourth-order valence-electron chi connectivity index (χ4n) is 2.00. The van der Waals surface area contributed by atoms with E-state index in [2.05, 4.69) is 0 Å². The topological polar surface area (TPSA) is 57.2 Å². The van der Waals surface area contributed by atoms with Crippen LogP contribution >= 0.6 is 0 Å². The molecule has 0 aliphatic rings. The first-order valence-electron chi connectivity index (χ1n) is 5.64. The van der Waals surface area contributed by atoms with Gasteiger partial charge >= 0.3 is 0 Å². The minimum absolute atomic E-state index is 0.0408.